The molecule has 1 aromatic rings. The fourth-order valence-corrected chi connectivity index (χ4v) is 2.19. The maximum Gasteiger partial charge on any atom is 0.326 e. The SMILES string of the molecule is CC(C(=O)O)N(C(=O)CCc1cnn(C)c1)C1CC1. The van der Waals surface area contributed by atoms with E-state index in [1.165, 1.54) is 4.90 Å². The van der Waals surface area contributed by atoms with Gasteiger partial charge in [0.2, 0.25) is 5.91 Å². The molecule has 0 bridgehead atoms. The van der Waals surface area contributed by atoms with E-state index in [-0.39, 0.29) is 11.9 Å². The number of hydrogen-bond donors (Lipinski definition) is 1. The second-order valence-electron chi connectivity index (χ2n) is 5.07. The van der Waals surface area contributed by atoms with Crippen molar-refractivity contribution < 1.29 is 14.7 Å². The van der Waals surface area contributed by atoms with Gasteiger partial charge in [0.25, 0.3) is 0 Å². The lowest BCUT2D eigenvalue weighted by molar-refractivity contribution is -0.150. The van der Waals surface area contributed by atoms with Crippen LogP contribution in [0.2, 0.25) is 0 Å². The molecule has 1 heterocycles. The number of aliphatic carboxylic acids is 1. The lowest BCUT2D eigenvalue weighted by atomic mass is 10.1. The number of carboxylic acids is 1. The minimum Gasteiger partial charge on any atom is -0.480 e. The van der Waals surface area contributed by atoms with Gasteiger partial charge in [-0.2, -0.15) is 5.10 Å². The van der Waals surface area contributed by atoms with E-state index >= 15 is 0 Å². The van der Waals surface area contributed by atoms with Gasteiger partial charge in [-0.25, -0.2) is 4.79 Å². The summed E-state index contributed by atoms with van der Waals surface area (Å²) in [6.07, 6.45) is 6.36. The molecule has 2 rings (SSSR count). The summed E-state index contributed by atoms with van der Waals surface area (Å²) < 4.78 is 1.69. The van der Waals surface area contributed by atoms with Crippen LogP contribution >= 0.6 is 0 Å². The molecular weight excluding hydrogens is 246 g/mol. The van der Waals surface area contributed by atoms with Gasteiger partial charge in [-0.3, -0.25) is 9.48 Å². The van der Waals surface area contributed by atoms with Crippen LogP contribution < -0.4 is 0 Å². The Morgan fingerprint density at radius 1 is 1.58 bits per heavy atom. The van der Waals surface area contributed by atoms with Gasteiger partial charge >= 0.3 is 5.97 Å². The summed E-state index contributed by atoms with van der Waals surface area (Å²) in [6.45, 7) is 1.57. The average Bonchev–Trinajstić information content (AvgIpc) is 3.09. The Bertz CT molecular complexity index is 479. The zero-order valence-corrected chi connectivity index (χ0v) is 11.2. The van der Waals surface area contributed by atoms with Crippen LogP contribution in [0.25, 0.3) is 0 Å². The van der Waals surface area contributed by atoms with Crippen molar-refractivity contribution in [3.05, 3.63) is 18.0 Å². The van der Waals surface area contributed by atoms with E-state index in [0.29, 0.717) is 12.8 Å². The van der Waals surface area contributed by atoms with Crippen LogP contribution in [0, 0.1) is 0 Å². The minimum atomic E-state index is -0.943. The summed E-state index contributed by atoms with van der Waals surface area (Å²) in [5, 5.41) is 13.1. The van der Waals surface area contributed by atoms with Crippen molar-refractivity contribution in [2.45, 2.75) is 44.7 Å². The van der Waals surface area contributed by atoms with Crippen molar-refractivity contribution in [1.82, 2.24) is 14.7 Å². The molecular formula is C13H19N3O3. The maximum atomic E-state index is 12.2. The summed E-state index contributed by atoms with van der Waals surface area (Å²) in [7, 11) is 1.83. The summed E-state index contributed by atoms with van der Waals surface area (Å²) in [5.74, 6) is -1.03. The maximum absolute atomic E-state index is 12.2. The lowest BCUT2D eigenvalue weighted by Crippen LogP contribution is -2.44. The van der Waals surface area contributed by atoms with Crippen molar-refractivity contribution in [3.63, 3.8) is 0 Å². The molecule has 0 saturated heterocycles. The molecule has 1 unspecified atom stereocenters. The van der Waals surface area contributed by atoms with Crippen LogP contribution in [0.1, 0.15) is 31.7 Å². The van der Waals surface area contributed by atoms with Crippen LogP contribution in [-0.2, 0) is 23.1 Å². The Morgan fingerprint density at radius 3 is 2.74 bits per heavy atom. The largest absolute Gasteiger partial charge is 0.480 e. The van der Waals surface area contributed by atoms with Gasteiger partial charge in [-0.05, 0) is 31.7 Å². The normalized spacial score (nSPS) is 16.1. The van der Waals surface area contributed by atoms with Gasteiger partial charge in [0, 0.05) is 25.7 Å². The zero-order chi connectivity index (χ0) is 14.0. The predicted molar refractivity (Wildman–Crippen MR) is 68.5 cm³/mol. The van der Waals surface area contributed by atoms with Crippen LogP contribution in [0.3, 0.4) is 0 Å². The highest BCUT2D eigenvalue weighted by Gasteiger charge is 2.37. The Balaban J connectivity index is 1.94. The molecule has 1 aromatic heterocycles. The molecule has 1 aliphatic rings. The predicted octanol–water partition coefficient (Wildman–Crippen LogP) is 0.817. The van der Waals surface area contributed by atoms with E-state index < -0.39 is 12.0 Å². The number of hydrogen-bond acceptors (Lipinski definition) is 3. The number of aromatic nitrogens is 2. The second kappa shape index (κ2) is 5.42. The molecule has 104 valence electrons. The van der Waals surface area contributed by atoms with Gasteiger partial charge in [-0.1, -0.05) is 0 Å². The summed E-state index contributed by atoms with van der Waals surface area (Å²) in [6, 6.07) is -0.624. The third kappa shape index (κ3) is 3.33. The third-order valence-corrected chi connectivity index (χ3v) is 3.39. The lowest BCUT2D eigenvalue weighted by Gasteiger charge is -2.26. The number of carbonyl (C=O) groups is 2. The molecule has 1 aliphatic carbocycles. The fourth-order valence-electron chi connectivity index (χ4n) is 2.19. The molecule has 0 radical (unpaired) electrons. The van der Waals surface area contributed by atoms with Crippen LogP contribution in [0.15, 0.2) is 12.4 Å². The van der Waals surface area contributed by atoms with Crippen LogP contribution in [0.5, 0.6) is 0 Å². The Hall–Kier alpha value is -1.85. The third-order valence-electron chi connectivity index (χ3n) is 3.39. The zero-order valence-electron chi connectivity index (χ0n) is 11.2. The molecule has 0 aliphatic heterocycles. The minimum absolute atomic E-state index is 0.0822. The highest BCUT2D eigenvalue weighted by atomic mass is 16.4. The number of nitrogens with zero attached hydrogens (tertiary/aromatic N) is 3. The number of amides is 1. The molecule has 1 saturated carbocycles. The molecule has 0 spiro atoms. The molecule has 19 heavy (non-hydrogen) atoms. The Labute approximate surface area is 112 Å². The first-order valence-corrected chi connectivity index (χ1v) is 6.50. The van der Waals surface area contributed by atoms with Crippen molar-refractivity contribution >= 4 is 11.9 Å². The van der Waals surface area contributed by atoms with E-state index in [1.54, 1.807) is 17.8 Å². The average molecular weight is 265 g/mol. The highest BCUT2D eigenvalue weighted by molar-refractivity contribution is 5.84. The number of carboxylic acid groups (broad SMARTS) is 1. The fraction of sp³-hybridized carbons (Fsp3) is 0.615. The van der Waals surface area contributed by atoms with E-state index in [1.807, 2.05) is 13.2 Å². The molecule has 1 atom stereocenters. The smallest absolute Gasteiger partial charge is 0.326 e. The quantitative estimate of drug-likeness (QED) is 0.826. The van der Waals surface area contributed by atoms with E-state index in [2.05, 4.69) is 5.10 Å². The molecule has 0 aromatic carbocycles. The van der Waals surface area contributed by atoms with Gasteiger partial charge in [0.1, 0.15) is 6.04 Å². The molecule has 1 N–H and O–H groups in total. The second-order valence-corrected chi connectivity index (χ2v) is 5.07. The number of aryl methyl sites for hydroxylation is 2. The standard InChI is InChI=1S/C13H19N3O3/c1-9(13(18)19)16(11-4-5-11)12(17)6-3-10-7-14-15(2)8-10/h7-9,11H,3-6H2,1-2H3,(H,18,19). The first-order valence-electron chi connectivity index (χ1n) is 6.50. The van der Waals surface area contributed by atoms with Gasteiger partial charge in [0.05, 0.1) is 6.20 Å². The molecule has 1 amide bonds. The van der Waals surface area contributed by atoms with Crippen molar-refractivity contribution in [1.29, 1.82) is 0 Å². The molecule has 1 fully saturated rings. The number of rotatable bonds is 6. The Kier molecular flexibility index (Phi) is 3.87. The monoisotopic (exact) mass is 265 g/mol. The van der Waals surface area contributed by atoms with Crippen molar-refractivity contribution in [3.8, 4) is 0 Å². The van der Waals surface area contributed by atoms with Gasteiger partial charge < -0.3 is 10.0 Å². The van der Waals surface area contributed by atoms with Gasteiger partial charge in [-0.15, -0.1) is 0 Å². The summed E-state index contributed by atoms with van der Waals surface area (Å²) in [4.78, 5) is 24.8. The van der Waals surface area contributed by atoms with Crippen LogP contribution in [0.4, 0.5) is 0 Å². The first kappa shape index (κ1) is 13.6. The topological polar surface area (TPSA) is 75.4 Å². The van der Waals surface area contributed by atoms with Crippen molar-refractivity contribution in [2.24, 2.45) is 7.05 Å². The highest BCUT2D eigenvalue weighted by Crippen LogP contribution is 2.29. The van der Waals surface area contributed by atoms with E-state index in [9.17, 15) is 9.59 Å². The summed E-state index contributed by atoms with van der Waals surface area (Å²) in [5.41, 5.74) is 0.995. The first-order chi connectivity index (χ1) is 8.99. The molecule has 6 nitrogen and oxygen atoms in total. The number of carbonyl (C=O) groups excluding carboxylic acids is 1. The van der Waals surface area contributed by atoms with Crippen LogP contribution in [-0.4, -0.2) is 43.7 Å². The van der Waals surface area contributed by atoms with E-state index in [0.717, 1.165) is 18.4 Å². The summed E-state index contributed by atoms with van der Waals surface area (Å²) >= 11 is 0. The Morgan fingerprint density at radius 2 is 2.26 bits per heavy atom. The van der Waals surface area contributed by atoms with E-state index in [4.69, 9.17) is 5.11 Å². The molecule has 6 heteroatoms. The van der Waals surface area contributed by atoms with Gasteiger partial charge in [0.15, 0.2) is 0 Å². The van der Waals surface area contributed by atoms with Crippen molar-refractivity contribution in [2.75, 3.05) is 0 Å².